The summed E-state index contributed by atoms with van der Waals surface area (Å²) >= 11 is 0. The number of carbonyl (C=O) groups is 2. The first-order valence-corrected chi connectivity index (χ1v) is 17.9. The molecule has 4 N–H and O–H groups in total. The molecule has 4 rings (SSSR count). The van der Waals surface area contributed by atoms with Gasteiger partial charge in [0.05, 0.1) is 42.9 Å². The summed E-state index contributed by atoms with van der Waals surface area (Å²) < 4.78 is 110. The van der Waals surface area contributed by atoms with Crippen LogP contribution in [-0.4, -0.2) is 68.6 Å². The number of nitrogens with one attached hydrogen (secondary N) is 1. The third-order valence-corrected chi connectivity index (χ3v) is 10.2. The maximum atomic E-state index is 13.6. The van der Waals surface area contributed by atoms with Crippen molar-refractivity contribution >= 4 is 68.3 Å². The number of sulfone groups is 3. The Hall–Kier alpha value is -3.64. The first-order valence-electron chi connectivity index (χ1n) is 10.8. The normalized spacial score (nSPS) is 14.0. The summed E-state index contributed by atoms with van der Waals surface area (Å²) in [4.78, 5) is 23.6. The van der Waals surface area contributed by atoms with E-state index in [-0.39, 0.29) is 11.1 Å². The molecule has 40 heavy (non-hydrogen) atoms. The Labute approximate surface area is 229 Å². The van der Waals surface area contributed by atoms with Gasteiger partial charge in [0.15, 0.2) is 41.1 Å². The van der Waals surface area contributed by atoms with Gasteiger partial charge in [-0.25, -0.2) is 25.3 Å². The molecule has 13 nitrogen and oxygen atoms in total. The van der Waals surface area contributed by atoms with Crippen LogP contribution in [0.5, 0.6) is 0 Å². The third-order valence-electron chi connectivity index (χ3n) is 6.00. The number of fused-ring (bicyclic) bond motifs is 2. The van der Waals surface area contributed by atoms with Gasteiger partial charge in [0.2, 0.25) is 0 Å². The minimum absolute atomic E-state index is 0.110. The van der Waals surface area contributed by atoms with E-state index in [1.54, 1.807) is 0 Å². The Morgan fingerprint density at radius 2 is 1.12 bits per heavy atom. The van der Waals surface area contributed by atoms with E-state index < -0.39 is 99.0 Å². The van der Waals surface area contributed by atoms with Crippen LogP contribution in [0.4, 0.5) is 17.1 Å². The van der Waals surface area contributed by atoms with E-state index in [9.17, 15) is 47.8 Å². The Kier molecular flexibility index (Phi) is 6.75. The number of hydrogen-bond acceptors (Lipinski definition) is 12. The fraction of sp³-hybridized carbons (Fsp3) is 0.130. The predicted molar refractivity (Wildman–Crippen MR) is 143 cm³/mol. The summed E-state index contributed by atoms with van der Waals surface area (Å²) in [6.07, 6.45) is 2.06. The van der Waals surface area contributed by atoms with E-state index in [4.69, 9.17) is 5.73 Å². The highest BCUT2D eigenvalue weighted by Gasteiger charge is 2.37. The van der Waals surface area contributed by atoms with Crippen molar-refractivity contribution in [3.63, 3.8) is 0 Å². The number of hydrogen-bond donors (Lipinski definition) is 3. The first kappa shape index (κ1) is 29.3. The largest absolute Gasteiger partial charge is 0.397 e. The molecule has 1 aliphatic rings. The molecule has 0 aromatic heterocycles. The van der Waals surface area contributed by atoms with Gasteiger partial charge in [-0.05, 0) is 18.2 Å². The molecule has 3 aromatic rings. The van der Waals surface area contributed by atoms with Crippen LogP contribution in [0.1, 0.15) is 31.8 Å². The van der Waals surface area contributed by atoms with E-state index in [1.807, 2.05) is 0 Å². The van der Waals surface area contributed by atoms with Crippen LogP contribution in [0, 0.1) is 0 Å². The molecule has 212 valence electrons. The van der Waals surface area contributed by atoms with Crippen molar-refractivity contribution in [3.8, 4) is 0 Å². The lowest BCUT2D eigenvalue weighted by molar-refractivity contribution is 0.0980. The summed E-state index contributed by atoms with van der Waals surface area (Å²) in [5.41, 5.74) is 2.44. The monoisotopic (exact) mass is 628 g/mol. The molecule has 17 heteroatoms. The van der Waals surface area contributed by atoms with Crippen LogP contribution in [0.3, 0.4) is 0 Å². The summed E-state index contributed by atoms with van der Waals surface area (Å²) in [6.45, 7) is 0. The number of nitrogen functional groups attached to an aromatic ring is 1. The van der Waals surface area contributed by atoms with E-state index >= 15 is 0 Å². The Bertz CT molecular complexity index is 2060. The van der Waals surface area contributed by atoms with Crippen molar-refractivity contribution in [2.24, 2.45) is 0 Å². The maximum absolute atomic E-state index is 13.6. The van der Waals surface area contributed by atoms with E-state index in [2.05, 4.69) is 5.32 Å². The van der Waals surface area contributed by atoms with Gasteiger partial charge in [-0.3, -0.25) is 14.1 Å². The molecule has 0 heterocycles. The van der Waals surface area contributed by atoms with Crippen LogP contribution in [-0.2, 0) is 39.6 Å². The molecule has 3 aromatic carbocycles. The zero-order chi connectivity index (χ0) is 30.2. The standard InChI is InChI=1S/C23H20N2O11S4/c1-37(28,29)11-8-16(38(2,30)31)21(17(9-11)39(3,32)33)25-14-10-15(40(34,35)36)20(24)19-18(14)22(26)12-6-4-5-7-13(12)23(19)27/h4-10,25H,24H2,1-3H3,(H,34,35,36). The van der Waals surface area contributed by atoms with Crippen molar-refractivity contribution in [1.82, 2.24) is 0 Å². The van der Waals surface area contributed by atoms with Crippen LogP contribution in [0.15, 0.2) is 62.0 Å². The Morgan fingerprint density at radius 1 is 0.675 bits per heavy atom. The molecule has 0 fully saturated rings. The Morgan fingerprint density at radius 3 is 1.52 bits per heavy atom. The predicted octanol–water partition coefficient (Wildman–Crippen LogP) is 1.24. The van der Waals surface area contributed by atoms with Gasteiger partial charge in [0, 0.05) is 29.9 Å². The highest BCUT2D eigenvalue weighted by atomic mass is 32.2. The van der Waals surface area contributed by atoms with Crippen LogP contribution >= 0.6 is 0 Å². The Balaban J connectivity index is 2.18. The highest BCUT2D eigenvalue weighted by Crippen LogP contribution is 2.42. The number of rotatable bonds is 6. The molecule has 0 saturated carbocycles. The molecule has 0 atom stereocenters. The summed E-state index contributed by atoms with van der Waals surface area (Å²) in [5, 5.41) is 2.43. The molecule has 1 aliphatic carbocycles. The molecule has 0 amide bonds. The van der Waals surface area contributed by atoms with Crippen molar-refractivity contribution < 1.29 is 47.8 Å². The second kappa shape index (κ2) is 9.20. The average molecular weight is 629 g/mol. The topological polar surface area (TPSA) is 229 Å². The van der Waals surface area contributed by atoms with E-state index in [1.165, 1.54) is 24.3 Å². The fourth-order valence-corrected chi connectivity index (χ4v) is 7.50. The minimum atomic E-state index is -5.15. The van der Waals surface area contributed by atoms with Gasteiger partial charge in [-0.15, -0.1) is 0 Å². The molecule has 0 saturated heterocycles. The van der Waals surface area contributed by atoms with Crippen LogP contribution in [0.25, 0.3) is 0 Å². The van der Waals surface area contributed by atoms with Crippen LogP contribution < -0.4 is 11.1 Å². The van der Waals surface area contributed by atoms with Gasteiger partial charge in [-0.2, -0.15) is 8.42 Å². The fourth-order valence-electron chi connectivity index (χ4n) is 4.23. The lowest BCUT2D eigenvalue weighted by atomic mass is 9.82. The van der Waals surface area contributed by atoms with Crippen molar-refractivity contribution in [1.29, 1.82) is 0 Å². The number of ketones is 2. The van der Waals surface area contributed by atoms with Gasteiger partial charge in [0.1, 0.15) is 4.90 Å². The molecule has 0 aliphatic heterocycles. The van der Waals surface area contributed by atoms with E-state index in [0.29, 0.717) is 30.7 Å². The third kappa shape index (κ3) is 5.01. The lowest BCUT2D eigenvalue weighted by Gasteiger charge is -2.25. The summed E-state index contributed by atoms with van der Waals surface area (Å²) in [5.74, 6) is -1.74. The minimum Gasteiger partial charge on any atom is -0.397 e. The van der Waals surface area contributed by atoms with E-state index in [0.717, 1.165) is 6.26 Å². The average Bonchev–Trinajstić information content (AvgIpc) is 2.80. The van der Waals surface area contributed by atoms with Crippen molar-refractivity contribution in [3.05, 3.63) is 64.7 Å². The zero-order valence-corrected chi connectivity index (χ0v) is 24.0. The molecular formula is C23H20N2O11S4. The van der Waals surface area contributed by atoms with Crippen molar-refractivity contribution in [2.45, 2.75) is 19.6 Å². The second-order valence-corrected chi connectivity index (χ2v) is 16.4. The number of benzene rings is 3. The number of anilines is 3. The summed E-state index contributed by atoms with van der Waals surface area (Å²) in [6, 6.07) is 7.51. The molecule has 0 radical (unpaired) electrons. The molecular weight excluding hydrogens is 609 g/mol. The maximum Gasteiger partial charge on any atom is 0.296 e. The first-order chi connectivity index (χ1) is 18.1. The van der Waals surface area contributed by atoms with Crippen LogP contribution in [0.2, 0.25) is 0 Å². The van der Waals surface area contributed by atoms with Gasteiger partial charge >= 0.3 is 0 Å². The lowest BCUT2D eigenvalue weighted by Crippen LogP contribution is -2.25. The van der Waals surface area contributed by atoms with Gasteiger partial charge in [-0.1, -0.05) is 24.3 Å². The van der Waals surface area contributed by atoms with Gasteiger partial charge < -0.3 is 11.1 Å². The van der Waals surface area contributed by atoms with Gasteiger partial charge in [0.25, 0.3) is 10.1 Å². The number of nitrogens with two attached hydrogens (primary N) is 1. The zero-order valence-electron chi connectivity index (χ0n) is 20.8. The highest BCUT2D eigenvalue weighted by molar-refractivity contribution is 7.92. The summed E-state index contributed by atoms with van der Waals surface area (Å²) in [7, 11) is -18.1. The molecule has 0 spiro atoms. The molecule has 0 bridgehead atoms. The van der Waals surface area contributed by atoms with Crippen molar-refractivity contribution in [2.75, 3.05) is 29.8 Å². The quantitative estimate of drug-likeness (QED) is 0.202. The SMILES string of the molecule is CS(=O)(=O)c1cc(S(C)(=O)=O)c(Nc2cc(S(=O)(=O)O)c(N)c3c2C(=O)c2ccccc2C3=O)c(S(C)(=O)=O)c1. The number of carbonyl (C=O) groups excluding carboxylic acids is 2. The second-order valence-electron chi connectivity index (χ2n) is 9.00. The smallest absolute Gasteiger partial charge is 0.296 e. The molecule has 0 unspecified atom stereocenters.